The zero-order valence-electron chi connectivity index (χ0n) is 10.4. The van der Waals surface area contributed by atoms with Gasteiger partial charge in [0.05, 0.1) is 0 Å². The zero-order chi connectivity index (χ0) is 13.2. The summed E-state index contributed by atoms with van der Waals surface area (Å²) in [5, 5.41) is 12.1. The maximum Gasteiger partial charge on any atom is 0.329 e. The number of fused-ring (bicyclic) bond motifs is 1. The van der Waals surface area contributed by atoms with Crippen molar-refractivity contribution in [2.45, 2.75) is 32.2 Å². The van der Waals surface area contributed by atoms with Crippen molar-refractivity contribution in [2.24, 2.45) is 0 Å². The molecule has 0 saturated heterocycles. The fourth-order valence-electron chi connectivity index (χ4n) is 1.88. The lowest BCUT2D eigenvalue weighted by Crippen LogP contribution is -2.43. The van der Waals surface area contributed by atoms with E-state index in [1.165, 1.54) is 0 Å². The Labute approximate surface area is 105 Å². The van der Waals surface area contributed by atoms with Crippen LogP contribution in [-0.4, -0.2) is 21.6 Å². The number of aliphatic carboxylic acids is 1. The van der Waals surface area contributed by atoms with Gasteiger partial charge in [-0.1, -0.05) is 25.5 Å². The van der Waals surface area contributed by atoms with Gasteiger partial charge < -0.3 is 14.8 Å². The lowest BCUT2D eigenvalue weighted by atomic mass is 9.97. The molecule has 2 N–H and O–H groups in total. The first-order chi connectivity index (χ1) is 8.55. The molecule has 18 heavy (non-hydrogen) atoms. The Morgan fingerprint density at radius 3 is 2.83 bits per heavy atom. The van der Waals surface area contributed by atoms with Gasteiger partial charge in [-0.25, -0.2) is 4.79 Å². The summed E-state index contributed by atoms with van der Waals surface area (Å²) in [5.74, 6) is -0.911. The van der Waals surface area contributed by atoms with Crippen molar-refractivity contribution in [3.63, 3.8) is 0 Å². The average molecular weight is 248 g/mol. The molecule has 1 aromatic heterocycles. The third-order valence-corrected chi connectivity index (χ3v) is 2.90. The van der Waals surface area contributed by atoms with Crippen molar-refractivity contribution in [1.29, 1.82) is 0 Å². The minimum absolute atomic E-state index is 0.245. The fourth-order valence-corrected chi connectivity index (χ4v) is 1.88. The fraction of sp³-hybridized carbons (Fsp3) is 0.385. The predicted octanol–water partition coefficient (Wildman–Crippen LogP) is 2.88. The van der Waals surface area contributed by atoms with Crippen LogP contribution in [0.15, 0.2) is 28.7 Å². The first-order valence-corrected chi connectivity index (χ1v) is 5.92. The Balaban J connectivity index is 2.28. The minimum atomic E-state index is -1.06. The Kier molecular flexibility index (Phi) is 3.23. The predicted molar refractivity (Wildman–Crippen MR) is 68.6 cm³/mol. The normalized spacial score (nSPS) is 14.3. The number of hydrogen-bond acceptors (Lipinski definition) is 4. The first-order valence-electron chi connectivity index (χ1n) is 5.92. The number of anilines is 1. The van der Waals surface area contributed by atoms with E-state index in [9.17, 15) is 9.90 Å². The van der Waals surface area contributed by atoms with Gasteiger partial charge in [0.25, 0.3) is 6.01 Å². The topological polar surface area (TPSA) is 75.4 Å². The number of carbonyl (C=O) groups is 1. The molecular formula is C13H16N2O3. The van der Waals surface area contributed by atoms with Gasteiger partial charge >= 0.3 is 5.97 Å². The monoisotopic (exact) mass is 248 g/mol. The van der Waals surface area contributed by atoms with E-state index in [2.05, 4.69) is 10.3 Å². The highest BCUT2D eigenvalue weighted by Gasteiger charge is 2.33. The second-order valence-corrected chi connectivity index (χ2v) is 4.50. The molecule has 0 bridgehead atoms. The number of para-hydroxylation sites is 2. The third-order valence-electron chi connectivity index (χ3n) is 2.90. The van der Waals surface area contributed by atoms with Gasteiger partial charge in [0.15, 0.2) is 5.58 Å². The number of carboxylic acids is 1. The molecule has 0 aliphatic heterocycles. The summed E-state index contributed by atoms with van der Waals surface area (Å²) in [4.78, 5) is 15.5. The molecule has 0 amide bonds. The molecule has 5 heteroatoms. The van der Waals surface area contributed by atoms with Crippen LogP contribution in [0.1, 0.15) is 26.7 Å². The van der Waals surface area contributed by atoms with Crippen LogP contribution in [0.4, 0.5) is 6.01 Å². The lowest BCUT2D eigenvalue weighted by molar-refractivity contribution is -0.142. The van der Waals surface area contributed by atoms with E-state index in [0.717, 1.165) is 6.42 Å². The number of nitrogens with zero attached hydrogens (tertiary/aromatic N) is 1. The number of oxazole rings is 1. The van der Waals surface area contributed by atoms with Crippen LogP contribution in [0.25, 0.3) is 11.1 Å². The molecule has 0 radical (unpaired) electrons. The molecular weight excluding hydrogens is 232 g/mol. The summed E-state index contributed by atoms with van der Waals surface area (Å²) in [5.41, 5.74) is 0.295. The van der Waals surface area contributed by atoms with Crippen LogP contribution in [0.2, 0.25) is 0 Å². The Bertz CT molecular complexity index is 531. The third kappa shape index (κ3) is 2.30. The SMILES string of the molecule is CCCC(C)(Nc1nc2ccccc2o1)C(=O)O. The van der Waals surface area contributed by atoms with Crippen molar-refractivity contribution >= 4 is 23.1 Å². The summed E-state index contributed by atoms with van der Waals surface area (Å²) >= 11 is 0. The van der Waals surface area contributed by atoms with Gasteiger partial charge in [0.1, 0.15) is 11.1 Å². The summed E-state index contributed by atoms with van der Waals surface area (Å²) in [6, 6.07) is 7.57. The number of rotatable bonds is 5. The maximum atomic E-state index is 11.3. The maximum absolute atomic E-state index is 11.3. The molecule has 0 spiro atoms. The quantitative estimate of drug-likeness (QED) is 0.850. The smallest absolute Gasteiger partial charge is 0.329 e. The van der Waals surface area contributed by atoms with Crippen LogP contribution in [0.3, 0.4) is 0 Å². The Hall–Kier alpha value is -2.04. The first kappa shape index (κ1) is 12.4. The Morgan fingerprint density at radius 2 is 2.22 bits per heavy atom. The number of nitrogens with one attached hydrogen (secondary N) is 1. The van der Waals surface area contributed by atoms with E-state index in [1.54, 1.807) is 13.0 Å². The molecule has 1 heterocycles. The molecule has 0 saturated carbocycles. The highest BCUT2D eigenvalue weighted by molar-refractivity contribution is 5.82. The highest BCUT2D eigenvalue weighted by atomic mass is 16.4. The van der Waals surface area contributed by atoms with Gasteiger partial charge in [0.2, 0.25) is 0 Å². The van der Waals surface area contributed by atoms with Gasteiger partial charge in [-0.05, 0) is 25.5 Å². The van der Waals surface area contributed by atoms with Gasteiger partial charge in [0, 0.05) is 0 Å². The number of hydrogen-bond donors (Lipinski definition) is 2. The van der Waals surface area contributed by atoms with E-state index in [1.807, 2.05) is 25.1 Å². The minimum Gasteiger partial charge on any atom is -0.480 e. The Morgan fingerprint density at radius 1 is 1.50 bits per heavy atom. The van der Waals surface area contributed by atoms with Crippen molar-refractivity contribution < 1.29 is 14.3 Å². The molecule has 96 valence electrons. The van der Waals surface area contributed by atoms with Gasteiger partial charge in [-0.15, -0.1) is 0 Å². The molecule has 0 fully saturated rings. The van der Waals surface area contributed by atoms with Crippen LogP contribution in [0.5, 0.6) is 0 Å². The van der Waals surface area contributed by atoms with Crippen LogP contribution < -0.4 is 5.32 Å². The van der Waals surface area contributed by atoms with Crippen molar-refractivity contribution in [3.05, 3.63) is 24.3 Å². The van der Waals surface area contributed by atoms with Crippen molar-refractivity contribution in [3.8, 4) is 0 Å². The van der Waals surface area contributed by atoms with E-state index >= 15 is 0 Å². The molecule has 5 nitrogen and oxygen atoms in total. The number of aromatic nitrogens is 1. The second-order valence-electron chi connectivity index (χ2n) is 4.50. The van der Waals surface area contributed by atoms with E-state index < -0.39 is 11.5 Å². The molecule has 0 aliphatic rings. The molecule has 1 atom stereocenters. The van der Waals surface area contributed by atoms with Gasteiger partial charge in [-0.3, -0.25) is 0 Å². The number of carboxylic acid groups (broad SMARTS) is 1. The molecule has 1 unspecified atom stereocenters. The number of benzene rings is 1. The van der Waals surface area contributed by atoms with Crippen LogP contribution in [-0.2, 0) is 4.79 Å². The summed E-state index contributed by atoms with van der Waals surface area (Å²) in [6.45, 7) is 3.57. The zero-order valence-corrected chi connectivity index (χ0v) is 10.4. The van der Waals surface area contributed by atoms with Gasteiger partial charge in [-0.2, -0.15) is 4.98 Å². The van der Waals surface area contributed by atoms with Crippen molar-refractivity contribution in [2.75, 3.05) is 5.32 Å². The molecule has 2 rings (SSSR count). The second kappa shape index (κ2) is 4.68. The lowest BCUT2D eigenvalue weighted by Gasteiger charge is -2.24. The van der Waals surface area contributed by atoms with E-state index in [4.69, 9.17) is 4.42 Å². The highest BCUT2D eigenvalue weighted by Crippen LogP contribution is 2.23. The molecule has 0 aliphatic carbocycles. The largest absolute Gasteiger partial charge is 0.480 e. The summed E-state index contributed by atoms with van der Waals surface area (Å²) in [7, 11) is 0. The van der Waals surface area contributed by atoms with Crippen LogP contribution in [0, 0.1) is 0 Å². The van der Waals surface area contributed by atoms with E-state index in [-0.39, 0.29) is 6.01 Å². The standard InChI is InChI=1S/C13H16N2O3/c1-3-8-13(2,11(16)17)15-12-14-9-6-4-5-7-10(9)18-12/h4-7H,3,8H2,1-2H3,(H,14,15)(H,16,17). The molecule has 2 aromatic rings. The summed E-state index contributed by atoms with van der Waals surface area (Å²) in [6.07, 6.45) is 1.26. The average Bonchev–Trinajstić information content (AvgIpc) is 2.70. The molecule has 1 aromatic carbocycles. The van der Waals surface area contributed by atoms with Crippen LogP contribution >= 0.6 is 0 Å². The van der Waals surface area contributed by atoms with E-state index in [0.29, 0.717) is 17.5 Å². The van der Waals surface area contributed by atoms with Crippen molar-refractivity contribution in [1.82, 2.24) is 4.98 Å². The summed E-state index contributed by atoms with van der Waals surface area (Å²) < 4.78 is 5.47.